The fourth-order valence-electron chi connectivity index (χ4n) is 4.20. The maximum absolute atomic E-state index is 13.4. The van der Waals surface area contributed by atoms with Crippen LogP contribution in [-0.4, -0.2) is 53.1 Å². The Morgan fingerprint density at radius 1 is 1.32 bits per heavy atom. The average molecular weight is 400 g/mol. The first-order valence-electron chi connectivity index (χ1n) is 9.70. The Morgan fingerprint density at radius 2 is 2.07 bits per heavy atom. The summed E-state index contributed by atoms with van der Waals surface area (Å²) >= 11 is 0. The van der Waals surface area contributed by atoms with Gasteiger partial charge in [-0.25, -0.2) is 13.1 Å². The summed E-state index contributed by atoms with van der Waals surface area (Å²) in [6, 6.07) is 7.79. The molecule has 1 aliphatic carbocycles. The van der Waals surface area contributed by atoms with Gasteiger partial charge in [0.05, 0.1) is 17.2 Å². The lowest BCUT2D eigenvalue weighted by atomic mass is 10.1. The van der Waals surface area contributed by atoms with Gasteiger partial charge in [-0.15, -0.1) is 6.58 Å². The van der Waals surface area contributed by atoms with Crippen molar-refractivity contribution in [2.45, 2.75) is 38.6 Å². The van der Waals surface area contributed by atoms with Crippen LogP contribution < -0.4 is 0 Å². The molecule has 1 saturated heterocycles. The van der Waals surface area contributed by atoms with E-state index in [0.29, 0.717) is 18.7 Å². The van der Waals surface area contributed by atoms with Gasteiger partial charge in [0.15, 0.2) is 15.5 Å². The van der Waals surface area contributed by atoms with Gasteiger partial charge >= 0.3 is 0 Å². The standard InChI is InChI=1S/C21H25N3O3S/c1-3-12-23(17-11-13-28(26,27)14-17)21(25)20-18-5-4-6-19(18)24(22-20)16-9-7-15(2)8-10-16/h3,7-10,17H,1,4-6,11-14H2,2H3/t17-/m1/s1. The van der Waals surface area contributed by atoms with E-state index >= 15 is 0 Å². The van der Waals surface area contributed by atoms with Gasteiger partial charge in [-0.05, 0) is 44.7 Å². The van der Waals surface area contributed by atoms with Gasteiger partial charge in [0.2, 0.25) is 0 Å². The van der Waals surface area contributed by atoms with E-state index in [-0.39, 0.29) is 23.5 Å². The van der Waals surface area contributed by atoms with Crippen molar-refractivity contribution < 1.29 is 13.2 Å². The second-order valence-corrected chi connectivity index (χ2v) is 9.91. The topological polar surface area (TPSA) is 72.3 Å². The zero-order chi connectivity index (χ0) is 19.9. The third kappa shape index (κ3) is 3.39. The van der Waals surface area contributed by atoms with E-state index in [1.54, 1.807) is 11.0 Å². The van der Waals surface area contributed by atoms with E-state index < -0.39 is 9.84 Å². The Morgan fingerprint density at radius 3 is 2.71 bits per heavy atom. The predicted octanol–water partition coefficient (Wildman–Crippen LogP) is 2.48. The average Bonchev–Trinajstić information content (AvgIpc) is 3.35. The second kappa shape index (κ2) is 7.20. The van der Waals surface area contributed by atoms with Gasteiger partial charge < -0.3 is 4.90 Å². The molecular weight excluding hydrogens is 374 g/mol. The van der Waals surface area contributed by atoms with Crippen molar-refractivity contribution in [3.8, 4) is 5.69 Å². The van der Waals surface area contributed by atoms with Crippen LogP contribution >= 0.6 is 0 Å². The molecule has 148 valence electrons. The summed E-state index contributed by atoms with van der Waals surface area (Å²) in [5.41, 5.74) is 4.66. The molecule has 28 heavy (non-hydrogen) atoms. The molecule has 1 fully saturated rings. The minimum atomic E-state index is -3.08. The third-order valence-electron chi connectivity index (χ3n) is 5.65. The van der Waals surface area contributed by atoms with Crippen molar-refractivity contribution in [2.24, 2.45) is 0 Å². The van der Waals surface area contributed by atoms with E-state index in [0.717, 1.165) is 36.2 Å². The van der Waals surface area contributed by atoms with Crippen molar-refractivity contribution in [1.82, 2.24) is 14.7 Å². The fraction of sp³-hybridized carbons (Fsp3) is 0.429. The van der Waals surface area contributed by atoms with Crippen LogP contribution in [0, 0.1) is 6.92 Å². The number of hydrogen-bond donors (Lipinski definition) is 0. The lowest BCUT2D eigenvalue weighted by Crippen LogP contribution is -2.41. The maximum atomic E-state index is 13.4. The molecule has 2 aliphatic rings. The predicted molar refractivity (Wildman–Crippen MR) is 109 cm³/mol. The van der Waals surface area contributed by atoms with E-state index in [4.69, 9.17) is 0 Å². The van der Waals surface area contributed by atoms with Crippen molar-refractivity contribution in [3.05, 3.63) is 59.4 Å². The number of carbonyl (C=O) groups excluding carboxylic acids is 1. The summed E-state index contributed by atoms with van der Waals surface area (Å²) in [7, 11) is -3.08. The number of carbonyl (C=O) groups is 1. The number of rotatable bonds is 5. The molecule has 2 aromatic rings. The summed E-state index contributed by atoms with van der Waals surface area (Å²) in [6.45, 7) is 6.11. The van der Waals surface area contributed by atoms with Gasteiger partial charge in [0.25, 0.3) is 5.91 Å². The van der Waals surface area contributed by atoms with Gasteiger partial charge in [-0.1, -0.05) is 23.8 Å². The zero-order valence-corrected chi connectivity index (χ0v) is 16.9. The largest absolute Gasteiger partial charge is 0.329 e. The molecule has 0 bridgehead atoms. The lowest BCUT2D eigenvalue weighted by molar-refractivity contribution is 0.0713. The van der Waals surface area contributed by atoms with Crippen molar-refractivity contribution >= 4 is 15.7 Å². The summed E-state index contributed by atoms with van der Waals surface area (Å²) < 4.78 is 25.7. The molecular formula is C21H25N3O3S. The first-order valence-corrected chi connectivity index (χ1v) is 11.5. The number of aromatic nitrogens is 2. The molecule has 1 aromatic heterocycles. The van der Waals surface area contributed by atoms with Crippen molar-refractivity contribution in [2.75, 3.05) is 18.1 Å². The summed E-state index contributed by atoms with van der Waals surface area (Å²) in [5.74, 6) is -0.0342. The normalized spacial score (nSPS) is 20.1. The molecule has 6 nitrogen and oxygen atoms in total. The number of benzene rings is 1. The molecule has 0 N–H and O–H groups in total. The van der Waals surface area contributed by atoms with E-state index in [1.165, 1.54) is 5.56 Å². The quantitative estimate of drug-likeness (QED) is 0.724. The number of hydrogen-bond acceptors (Lipinski definition) is 4. The maximum Gasteiger partial charge on any atom is 0.275 e. The number of nitrogens with zero attached hydrogens (tertiary/aromatic N) is 3. The lowest BCUT2D eigenvalue weighted by Gasteiger charge is -2.26. The first-order chi connectivity index (χ1) is 13.4. The summed E-state index contributed by atoms with van der Waals surface area (Å²) in [5, 5.41) is 4.68. The molecule has 1 amide bonds. The van der Waals surface area contributed by atoms with Crippen LogP contribution in [0.3, 0.4) is 0 Å². The van der Waals surface area contributed by atoms with Gasteiger partial charge in [0.1, 0.15) is 0 Å². The van der Waals surface area contributed by atoms with Crippen LogP contribution in [0.4, 0.5) is 0 Å². The molecule has 0 spiro atoms. The highest BCUT2D eigenvalue weighted by Crippen LogP contribution is 2.30. The van der Waals surface area contributed by atoms with E-state index in [9.17, 15) is 13.2 Å². The highest BCUT2D eigenvalue weighted by atomic mass is 32.2. The van der Waals surface area contributed by atoms with Crippen LogP contribution in [-0.2, 0) is 22.7 Å². The van der Waals surface area contributed by atoms with Gasteiger partial charge in [-0.2, -0.15) is 5.10 Å². The number of sulfone groups is 1. The Balaban J connectivity index is 1.71. The van der Waals surface area contributed by atoms with Gasteiger partial charge in [-0.3, -0.25) is 4.79 Å². The molecule has 4 rings (SSSR count). The van der Waals surface area contributed by atoms with Crippen LogP contribution in [0.2, 0.25) is 0 Å². The number of aryl methyl sites for hydroxylation is 1. The second-order valence-electron chi connectivity index (χ2n) is 7.68. The van der Waals surface area contributed by atoms with Crippen molar-refractivity contribution in [3.63, 3.8) is 0 Å². The minimum Gasteiger partial charge on any atom is -0.329 e. The van der Waals surface area contributed by atoms with Crippen LogP contribution in [0.5, 0.6) is 0 Å². The highest BCUT2D eigenvalue weighted by Gasteiger charge is 2.37. The van der Waals surface area contributed by atoms with Crippen LogP contribution in [0.25, 0.3) is 5.69 Å². The first kappa shape index (κ1) is 18.9. The molecule has 1 aliphatic heterocycles. The monoisotopic (exact) mass is 399 g/mol. The van der Waals surface area contributed by atoms with E-state index in [2.05, 4.69) is 11.7 Å². The molecule has 1 aromatic carbocycles. The molecule has 2 heterocycles. The molecule has 1 atom stereocenters. The SMILES string of the molecule is C=CCN(C(=O)c1nn(-c2ccc(C)cc2)c2c1CCC2)[C@@H]1CCS(=O)(=O)C1. The Bertz CT molecular complexity index is 1020. The molecule has 0 radical (unpaired) electrons. The zero-order valence-electron chi connectivity index (χ0n) is 16.1. The molecule has 0 unspecified atom stereocenters. The Hall–Kier alpha value is -2.41. The number of fused-ring (bicyclic) bond motifs is 1. The number of amides is 1. The smallest absolute Gasteiger partial charge is 0.275 e. The summed E-state index contributed by atoms with van der Waals surface area (Å²) in [6.07, 6.45) is 4.84. The Labute approximate surface area is 165 Å². The Kier molecular flexibility index (Phi) is 4.87. The summed E-state index contributed by atoms with van der Waals surface area (Å²) in [4.78, 5) is 15.0. The van der Waals surface area contributed by atoms with E-state index in [1.807, 2.05) is 35.9 Å². The molecule has 7 heteroatoms. The minimum absolute atomic E-state index is 0.0213. The molecule has 0 saturated carbocycles. The fourth-order valence-corrected chi connectivity index (χ4v) is 5.93. The van der Waals surface area contributed by atoms with Crippen LogP contribution in [0.15, 0.2) is 36.9 Å². The van der Waals surface area contributed by atoms with Crippen molar-refractivity contribution in [1.29, 1.82) is 0 Å². The third-order valence-corrected chi connectivity index (χ3v) is 7.40. The van der Waals surface area contributed by atoms with Gasteiger partial charge in [0, 0.05) is 23.8 Å². The highest BCUT2D eigenvalue weighted by molar-refractivity contribution is 7.91. The van der Waals surface area contributed by atoms with Crippen LogP contribution in [0.1, 0.15) is 40.2 Å².